The summed E-state index contributed by atoms with van der Waals surface area (Å²) in [6.45, 7) is 0. The van der Waals surface area contributed by atoms with Crippen molar-refractivity contribution in [1.29, 1.82) is 0 Å². The molecule has 1 N–H and O–H groups in total. The molecule has 0 aliphatic heterocycles. The van der Waals surface area contributed by atoms with E-state index in [-0.39, 0.29) is 0 Å². The highest BCUT2D eigenvalue weighted by Gasteiger charge is 2.65. The number of hydrogen-bond donors (Lipinski definition) is 1. The second kappa shape index (κ2) is 4.82. The molecule has 2 bridgehead atoms. The highest BCUT2D eigenvalue weighted by molar-refractivity contribution is 7.16. The summed E-state index contributed by atoms with van der Waals surface area (Å²) in [6.07, 6.45) is 4.49. The molecule has 5 unspecified atom stereocenters. The van der Waals surface area contributed by atoms with Crippen LogP contribution in [0.2, 0.25) is 4.34 Å². The predicted octanol–water partition coefficient (Wildman–Crippen LogP) is 5.19. The maximum absolute atomic E-state index is 6.16. The van der Waals surface area contributed by atoms with Crippen molar-refractivity contribution < 1.29 is 0 Å². The van der Waals surface area contributed by atoms with Gasteiger partial charge < -0.3 is 5.32 Å². The molecular weight excluding hydrogens is 318 g/mol. The molecule has 2 heterocycles. The zero-order valence-corrected chi connectivity index (χ0v) is 14.1. The maximum atomic E-state index is 6.16. The van der Waals surface area contributed by atoms with Gasteiger partial charge in [0, 0.05) is 15.8 Å². The number of fused-ring (bicyclic) bond motifs is 5. The maximum Gasteiger partial charge on any atom is 0.0931 e. The van der Waals surface area contributed by atoms with Crippen molar-refractivity contribution in [3.8, 4) is 0 Å². The van der Waals surface area contributed by atoms with E-state index in [1.807, 2.05) is 17.4 Å². The monoisotopic (exact) mass is 335 g/mol. The average molecular weight is 336 g/mol. The van der Waals surface area contributed by atoms with Crippen molar-refractivity contribution in [2.24, 2.45) is 23.7 Å². The molecule has 0 spiro atoms. The van der Waals surface area contributed by atoms with Crippen LogP contribution in [0.5, 0.6) is 0 Å². The summed E-state index contributed by atoms with van der Waals surface area (Å²) in [4.78, 5) is 2.78. The summed E-state index contributed by atoms with van der Waals surface area (Å²) in [5.41, 5.74) is 0. The summed E-state index contributed by atoms with van der Waals surface area (Å²) in [7, 11) is 0. The summed E-state index contributed by atoms with van der Waals surface area (Å²) in [6, 6.07) is 9.73. The molecule has 5 rings (SSSR count). The smallest absolute Gasteiger partial charge is 0.0931 e. The third-order valence-corrected chi connectivity index (χ3v) is 8.03. The van der Waals surface area contributed by atoms with Crippen molar-refractivity contribution in [2.75, 3.05) is 0 Å². The Bertz CT molecular complexity index is 634. The summed E-state index contributed by atoms with van der Waals surface area (Å²) in [5, 5.41) is 6.17. The van der Waals surface area contributed by atoms with Crippen molar-refractivity contribution in [3.63, 3.8) is 0 Å². The molecule has 0 radical (unpaired) electrons. The third kappa shape index (κ3) is 2.05. The van der Waals surface area contributed by atoms with Crippen LogP contribution in [0.15, 0.2) is 29.6 Å². The van der Waals surface area contributed by atoms with Crippen molar-refractivity contribution in [2.45, 2.75) is 31.3 Å². The van der Waals surface area contributed by atoms with E-state index in [9.17, 15) is 0 Å². The first kappa shape index (κ1) is 13.1. The van der Waals surface area contributed by atoms with Gasteiger partial charge in [-0.2, -0.15) is 0 Å². The van der Waals surface area contributed by atoms with Crippen LogP contribution >= 0.6 is 34.3 Å². The molecular formula is C17H18ClNS2. The average Bonchev–Trinajstić information content (AvgIpc) is 3.06. The van der Waals surface area contributed by atoms with Gasteiger partial charge in [0.2, 0.25) is 0 Å². The van der Waals surface area contributed by atoms with Gasteiger partial charge in [0.1, 0.15) is 0 Å². The fraction of sp³-hybridized carbons (Fsp3) is 0.529. The van der Waals surface area contributed by atoms with Gasteiger partial charge in [0.25, 0.3) is 0 Å². The highest BCUT2D eigenvalue weighted by Crippen LogP contribution is 2.66. The number of thiophene rings is 2. The van der Waals surface area contributed by atoms with E-state index in [1.165, 1.54) is 29.0 Å². The number of rotatable bonds is 4. The van der Waals surface area contributed by atoms with E-state index in [0.29, 0.717) is 6.04 Å². The SMILES string of the molecule is Clc1ccc(C(NC2C3C4CCC(C4)C23)c2cccs2)s1. The molecule has 5 atom stereocenters. The van der Waals surface area contributed by atoms with Crippen LogP contribution in [0.4, 0.5) is 0 Å². The zero-order chi connectivity index (χ0) is 14.0. The zero-order valence-electron chi connectivity index (χ0n) is 11.7. The van der Waals surface area contributed by atoms with E-state index in [0.717, 1.165) is 34.0 Å². The first-order valence-electron chi connectivity index (χ1n) is 7.86. The quantitative estimate of drug-likeness (QED) is 0.811. The lowest BCUT2D eigenvalue weighted by molar-refractivity contribution is 0.446. The minimum Gasteiger partial charge on any atom is -0.302 e. The molecule has 110 valence electrons. The molecule has 3 saturated carbocycles. The van der Waals surface area contributed by atoms with Crippen molar-refractivity contribution in [3.05, 3.63) is 43.7 Å². The van der Waals surface area contributed by atoms with Crippen molar-refractivity contribution in [1.82, 2.24) is 5.32 Å². The molecule has 4 heteroatoms. The van der Waals surface area contributed by atoms with Crippen LogP contribution < -0.4 is 5.32 Å². The number of halogens is 1. The molecule has 0 amide bonds. The molecule has 2 aromatic heterocycles. The minimum atomic E-state index is 0.345. The van der Waals surface area contributed by atoms with Crippen LogP contribution in [0, 0.1) is 23.7 Å². The van der Waals surface area contributed by atoms with Gasteiger partial charge >= 0.3 is 0 Å². The van der Waals surface area contributed by atoms with Crippen molar-refractivity contribution >= 4 is 34.3 Å². The molecule has 3 aliphatic carbocycles. The third-order valence-electron chi connectivity index (χ3n) is 5.80. The molecule has 3 aliphatic rings. The Morgan fingerprint density at radius 2 is 1.90 bits per heavy atom. The molecule has 0 aromatic carbocycles. The van der Waals surface area contributed by atoms with Gasteiger partial charge in [-0.3, -0.25) is 0 Å². The van der Waals surface area contributed by atoms with E-state index in [1.54, 1.807) is 11.3 Å². The fourth-order valence-electron chi connectivity index (χ4n) is 4.98. The lowest BCUT2D eigenvalue weighted by Gasteiger charge is -2.19. The van der Waals surface area contributed by atoms with E-state index < -0.39 is 0 Å². The Kier molecular flexibility index (Phi) is 3.01. The summed E-state index contributed by atoms with van der Waals surface area (Å²) >= 11 is 9.73. The standard InChI is InChI=1S/C17H18ClNS2/c18-13-6-5-12(21-13)16(11-2-1-7-20-11)19-17-14-9-3-4-10(8-9)15(14)17/h1-2,5-7,9-10,14-17,19H,3-4,8H2. The fourth-order valence-corrected chi connectivity index (χ4v) is 7.00. The Balaban J connectivity index is 1.41. The predicted molar refractivity (Wildman–Crippen MR) is 90.2 cm³/mol. The summed E-state index contributed by atoms with van der Waals surface area (Å²) in [5.74, 6) is 3.99. The van der Waals surface area contributed by atoms with E-state index in [4.69, 9.17) is 11.6 Å². The first-order chi connectivity index (χ1) is 10.3. The van der Waals surface area contributed by atoms with E-state index >= 15 is 0 Å². The normalized spacial score (nSPS) is 37.7. The topological polar surface area (TPSA) is 12.0 Å². The molecule has 0 saturated heterocycles. The number of nitrogens with one attached hydrogen (secondary N) is 1. The van der Waals surface area contributed by atoms with Gasteiger partial charge in [-0.25, -0.2) is 0 Å². The molecule has 3 fully saturated rings. The Morgan fingerprint density at radius 1 is 1.10 bits per heavy atom. The number of hydrogen-bond acceptors (Lipinski definition) is 3. The second-order valence-electron chi connectivity index (χ2n) is 6.77. The first-order valence-corrected chi connectivity index (χ1v) is 9.93. The van der Waals surface area contributed by atoms with E-state index in [2.05, 4.69) is 28.9 Å². The highest BCUT2D eigenvalue weighted by atomic mass is 35.5. The summed E-state index contributed by atoms with van der Waals surface area (Å²) < 4.78 is 0.893. The van der Waals surface area contributed by atoms with Gasteiger partial charge in [-0.1, -0.05) is 17.7 Å². The van der Waals surface area contributed by atoms with Crippen LogP contribution in [-0.4, -0.2) is 6.04 Å². The largest absolute Gasteiger partial charge is 0.302 e. The molecule has 2 aromatic rings. The van der Waals surface area contributed by atoms with Gasteiger partial charge in [-0.05, 0) is 66.5 Å². The Morgan fingerprint density at radius 3 is 2.52 bits per heavy atom. The second-order valence-corrected chi connectivity index (χ2v) is 9.50. The minimum absolute atomic E-state index is 0.345. The Labute approximate surface area is 138 Å². The molecule has 21 heavy (non-hydrogen) atoms. The van der Waals surface area contributed by atoms with Gasteiger partial charge in [0.05, 0.1) is 10.4 Å². The van der Waals surface area contributed by atoms with Crippen LogP contribution in [0.25, 0.3) is 0 Å². The van der Waals surface area contributed by atoms with Gasteiger partial charge in [0.15, 0.2) is 0 Å². The van der Waals surface area contributed by atoms with Crippen LogP contribution in [0.1, 0.15) is 35.1 Å². The Hall–Kier alpha value is -0.350. The lowest BCUT2D eigenvalue weighted by atomic mass is 10.0. The van der Waals surface area contributed by atoms with Gasteiger partial charge in [-0.15, -0.1) is 22.7 Å². The lowest BCUT2D eigenvalue weighted by Crippen LogP contribution is -2.27. The van der Waals surface area contributed by atoms with Crippen LogP contribution in [-0.2, 0) is 0 Å². The molecule has 1 nitrogen and oxygen atoms in total. The van der Waals surface area contributed by atoms with Crippen LogP contribution in [0.3, 0.4) is 0 Å².